The van der Waals surface area contributed by atoms with Crippen LogP contribution in [0.25, 0.3) is 0 Å². The summed E-state index contributed by atoms with van der Waals surface area (Å²) in [5.74, 6) is -0.331. The molecule has 21 heavy (non-hydrogen) atoms. The van der Waals surface area contributed by atoms with Crippen molar-refractivity contribution in [3.05, 3.63) is 28.2 Å². The van der Waals surface area contributed by atoms with Crippen molar-refractivity contribution in [2.75, 3.05) is 18.4 Å². The van der Waals surface area contributed by atoms with Crippen LogP contribution >= 0.6 is 28.3 Å². The van der Waals surface area contributed by atoms with Crippen molar-refractivity contribution >= 4 is 45.8 Å². The minimum absolute atomic E-state index is 0. The van der Waals surface area contributed by atoms with Crippen molar-refractivity contribution < 1.29 is 9.59 Å². The molecule has 0 saturated carbocycles. The Morgan fingerprint density at radius 1 is 1.43 bits per heavy atom. The van der Waals surface area contributed by atoms with Crippen molar-refractivity contribution in [3.8, 4) is 0 Å². The van der Waals surface area contributed by atoms with E-state index in [-0.39, 0.29) is 36.8 Å². The van der Waals surface area contributed by atoms with Crippen molar-refractivity contribution in [2.45, 2.75) is 25.8 Å². The SMILES string of the molecule is Cc1cc(NC(=O)CNC(=O)C2CCCN2)ccc1Br.Cl. The summed E-state index contributed by atoms with van der Waals surface area (Å²) in [7, 11) is 0. The van der Waals surface area contributed by atoms with Crippen LogP contribution in [0.15, 0.2) is 22.7 Å². The van der Waals surface area contributed by atoms with Crippen LogP contribution in [0.2, 0.25) is 0 Å². The van der Waals surface area contributed by atoms with Gasteiger partial charge < -0.3 is 16.0 Å². The van der Waals surface area contributed by atoms with E-state index >= 15 is 0 Å². The van der Waals surface area contributed by atoms with Gasteiger partial charge >= 0.3 is 0 Å². The van der Waals surface area contributed by atoms with Crippen molar-refractivity contribution in [1.29, 1.82) is 0 Å². The molecule has 1 aromatic rings. The van der Waals surface area contributed by atoms with Crippen molar-refractivity contribution in [3.63, 3.8) is 0 Å². The van der Waals surface area contributed by atoms with E-state index in [1.54, 1.807) is 0 Å². The molecular formula is C14H19BrClN3O2. The predicted molar refractivity (Wildman–Crippen MR) is 88.8 cm³/mol. The second kappa shape index (κ2) is 8.36. The van der Waals surface area contributed by atoms with E-state index in [0.717, 1.165) is 35.1 Å². The Hall–Kier alpha value is -1.11. The first-order valence-corrected chi connectivity index (χ1v) is 7.42. The Balaban J connectivity index is 0.00000220. The number of benzene rings is 1. The zero-order chi connectivity index (χ0) is 14.5. The number of amides is 2. The standard InChI is InChI=1S/C14H18BrN3O2.ClH/c1-9-7-10(4-5-11(9)15)18-13(19)8-17-14(20)12-3-2-6-16-12;/h4-5,7,12,16H,2-3,6,8H2,1H3,(H,17,20)(H,18,19);1H. The lowest BCUT2D eigenvalue weighted by Crippen LogP contribution is -2.43. The molecule has 1 aliphatic rings. The number of carbonyl (C=O) groups excluding carboxylic acids is 2. The molecule has 0 spiro atoms. The average Bonchev–Trinajstić information content (AvgIpc) is 2.94. The molecule has 2 rings (SSSR count). The Kier molecular flexibility index (Phi) is 7.14. The number of hydrogen-bond donors (Lipinski definition) is 3. The molecule has 1 saturated heterocycles. The molecule has 1 unspecified atom stereocenters. The summed E-state index contributed by atoms with van der Waals surface area (Å²) in [6.07, 6.45) is 1.84. The lowest BCUT2D eigenvalue weighted by atomic mass is 10.2. The van der Waals surface area contributed by atoms with Gasteiger partial charge in [-0.25, -0.2) is 0 Å². The van der Waals surface area contributed by atoms with E-state index in [9.17, 15) is 9.59 Å². The van der Waals surface area contributed by atoms with Crippen LogP contribution in [0.3, 0.4) is 0 Å². The molecule has 3 N–H and O–H groups in total. The second-order valence-electron chi connectivity index (χ2n) is 4.88. The Morgan fingerprint density at radius 2 is 2.19 bits per heavy atom. The number of aryl methyl sites for hydroxylation is 1. The normalized spacial score (nSPS) is 17.0. The molecule has 2 amide bonds. The number of anilines is 1. The number of hydrogen-bond acceptors (Lipinski definition) is 3. The minimum atomic E-state index is -0.224. The molecule has 1 atom stereocenters. The summed E-state index contributed by atoms with van der Waals surface area (Å²) < 4.78 is 0.996. The van der Waals surface area contributed by atoms with Gasteiger partial charge in [0.25, 0.3) is 0 Å². The maximum Gasteiger partial charge on any atom is 0.243 e. The highest BCUT2D eigenvalue weighted by molar-refractivity contribution is 9.10. The maximum absolute atomic E-state index is 11.8. The third kappa shape index (κ3) is 5.30. The molecule has 0 aromatic heterocycles. The fourth-order valence-electron chi connectivity index (χ4n) is 2.13. The Labute approximate surface area is 138 Å². The molecule has 7 heteroatoms. The molecule has 116 valence electrons. The quantitative estimate of drug-likeness (QED) is 0.752. The van der Waals surface area contributed by atoms with Crippen LogP contribution in [0, 0.1) is 6.92 Å². The molecule has 0 bridgehead atoms. The van der Waals surface area contributed by atoms with Gasteiger partial charge in [-0.3, -0.25) is 9.59 Å². The monoisotopic (exact) mass is 375 g/mol. The molecule has 1 aliphatic heterocycles. The number of carbonyl (C=O) groups is 2. The molecule has 0 aliphatic carbocycles. The Bertz CT molecular complexity index is 519. The smallest absolute Gasteiger partial charge is 0.243 e. The fraction of sp³-hybridized carbons (Fsp3) is 0.429. The highest BCUT2D eigenvalue weighted by Gasteiger charge is 2.21. The van der Waals surface area contributed by atoms with Crippen LogP contribution in [0.5, 0.6) is 0 Å². The van der Waals surface area contributed by atoms with Crippen LogP contribution in [-0.4, -0.2) is 30.9 Å². The van der Waals surface area contributed by atoms with Gasteiger partial charge in [0.15, 0.2) is 0 Å². The number of rotatable bonds is 4. The summed E-state index contributed by atoms with van der Waals surface area (Å²) in [4.78, 5) is 23.5. The van der Waals surface area contributed by atoms with Crippen LogP contribution in [0.4, 0.5) is 5.69 Å². The number of halogens is 2. The molecule has 0 radical (unpaired) electrons. The summed E-state index contributed by atoms with van der Waals surface area (Å²) in [6, 6.07) is 5.42. The molecule has 5 nitrogen and oxygen atoms in total. The average molecular weight is 377 g/mol. The van der Waals surface area contributed by atoms with Crippen molar-refractivity contribution in [1.82, 2.24) is 10.6 Å². The zero-order valence-corrected chi connectivity index (χ0v) is 14.1. The van der Waals surface area contributed by atoms with Gasteiger partial charge in [0.05, 0.1) is 12.6 Å². The van der Waals surface area contributed by atoms with Gasteiger partial charge in [0.1, 0.15) is 0 Å². The van der Waals surface area contributed by atoms with Crippen LogP contribution in [0.1, 0.15) is 18.4 Å². The van der Waals surface area contributed by atoms with E-state index in [0.29, 0.717) is 0 Å². The molecule has 1 fully saturated rings. The van der Waals surface area contributed by atoms with Gasteiger partial charge in [0.2, 0.25) is 11.8 Å². The van der Waals surface area contributed by atoms with E-state index in [2.05, 4.69) is 31.9 Å². The zero-order valence-electron chi connectivity index (χ0n) is 11.7. The van der Waals surface area contributed by atoms with Gasteiger partial charge in [-0.15, -0.1) is 12.4 Å². The first-order chi connectivity index (χ1) is 9.56. The summed E-state index contributed by atoms with van der Waals surface area (Å²) >= 11 is 3.41. The lowest BCUT2D eigenvalue weighted by Gasteiger charge is -2.11. The van der Waals surface area contributed by atoms with Gasteiger partial charge in [-0.2, -0.15) is 0 Å². The summed E-state index contributed by atoms with van der Waals surface area (Å²) in [5.41, 5.74) is 1.77. The largest absolute Gasteiger partial charge is 0.346 e. The molecule has 1 aromatic carbocycles. The van der Waals surface area contributed by atoms with Crippen LogP contribution < -0.4 is 16.0 Å². The molecular weight excluding hydrogens is 358 g/mol. The van der Waals surface area contributed by atoms with Crippen molar-refractivity contribution in [2.24, 2.45) is 0 Å². The second-order valence-corrected chi connectivity index (χ2v) is 5.73. The highest BCUT2D eigenvalue weighted by atomic mass is 79.9. The van der Waals surface area contributed by atoms with Crippen LogP contribution in [-0.2, 0) is 9.59 Å². The predicted octanol–water partition coefficient (Wildman–Crippen LogP) is 1.99. The summed E-state index contributed by atoms with van der Waals surface area (Å²) in [6.45, 7) is 2.81. The van der Waals surface area contributed by atoms with E-state index < -0.39 is 0 Å². The topological polar surface area (TPSA) is 70.2 Å². The molecule has 1 heterocycles. The first-order valence-electron chi connectivity index (χ1n) is 6.63. The summed E-state index contributed by atoms with van der Waals surface area (Å²) in [5, 5.41) is 8.50. The van der Waals surface area contributed by atoms with E-state index in [1.807, 2.05) is 25.1 Å². The first kappa shape index (κ1) is 17.9. The van der Waals surface area contributed by atoms with E-state index in [1.165, 1.54) is 0 Å². The Morgan fingerprint density at radius 3 is 2.81 bits per heavy atom. The minimum Gasteiger partial charge on any atom is -0.346 e. The van der Waals surface area contributed by atoms with E-state index in [4.69, 9.17) is 0 Å². The third-order valence-electron chi connectivity index (χ3n) is 3.24. The van der Waals surface area contributed by atoms with Gasteiger partial charge in [-0.05, 0) is 50.1 Å². The fourth-order valence-corrected chi connectivity index (χ4v) is 2.37. The van der Waals surface area contributed by atoms with Gasteiger partial charge in [-0.1, -0.05) is 15.9 Å². The van der Waals surface area contributed by atoms with Gasteiger partial charge in [0, 0.05) is 10.2 Å². The highest BCUT2D eigenvalue weighted by Crippen LogP contribution is 2.19. The third-order valence-corrected chi connectivity index (χ3v) is 4.13. The number of nitrogens with one attached hydrogen (secondary N) is 3. The maximum atomic E-state index is 11.8. The lowest BCUT2D eigenvalue weighted by molar-refractivity contribution is -0.125.